The average Bonchev–Trinajstić information content (AvgIpc) is 3.29. The normalized spacial score (nSPS) is 16.6. The van der Waals surface area contributed by atoms with Gasteiger partial charge in [0.25, 0.3) is 0 Å². The standard InChI is InChI=1S/C18H14ClN5O2S/c19-12-4-3-5-13(9-12)24-10-11(8-15(24)25)16(26)21-18-23-22-17(27-18)14-6-1-2-7-20-14/h1-7,9,11H,8,10H2,(H,21,23,26). The van der Waals surface area contributed by atoms with Crippen LogP contribution in [-0.4, -0.2) is 33.5 Å². The van der Waals surface area contributed by atoms with Gasteiger partial charge in [-0.05, 0) is 30.3 Å². The van der Waals surface area contributed by atoms with Crippen molar-refractivity contribution in [3.8, 4) is 10.7 Å². The molecule has 1 aliphatic heterocycles. The predicted octanol–water partition coefficient (Wildman–Crippen LogP) is 3.25. The second-order valence-corrected chi connectivity index (χ2v) is 7.42. The average molecular weight is 400 g/mol. The van der Waals surface area contributed by atoms with E-state index in [0.717, 1.165) is 0 Å². The lowest BCUT2D eigenvalue weighted by molar-refractivity contribution is -0.122. The van der Waals surface area contributed by atoms with E-state index in [-0.39, 0.29) is 18.2 Å². The van der Waals surface area contributed by atoms with Crippen LogP contribution in [0.1, 0.15) is 6.42 Å². The molecule has 0 spiro atoms. The lowest BCUT2D eigenvalue weighted by Gasteiger charge is -2.16. The van der Waals surface area contributed by atoms with Gasteiger partial charge in [0.05, 0.1) is 5.92 Å². The Bertz CT molecular complexity index is 994. The van der Waals surface area contributed by atoms with Crippen molar-refractivity contribution in [2.24, 2.45) is 5.92 Å². The van der Waals surface area contributed by atoms with E-state index in [1.54, 1.807) is 35.4 Å². The molecule has 0 bridgehead atoms. The topological polar surface area (TPSA) is 88.1 Å². The molecule has 136 valence electrons. The van der Waals surface area contributed by atoms with E-state index in [4.69, 9.17) is 11.6 Å². The summed E-state index contributed by atoms with van der Waals surface area (Å²) in [4.78, 5) is 30.7. The zero-order valence-electron chi connectivity index (χ0n) is 14.0. The van der Waals surface area contributed by atoms with Crippen LogP contribution in [0.5, 0.6) is 0 Å². The van der Waals surface area contributed by atoms with E-state index >= 15 is 0 Å². The number of hydrogen-bond acceptors (Lipinski definition) is 6. The minimum Gasteiger partial charge on any atom is -0.312 e. The summed E-state index contributed by atoms with van der Waals surface area (Å²) in [6.07, 6.45) is 1.81. The molecule has 7 nitrogen and oxygen atoms in total. The third-order valence-electron chi connectivity index (χ3n) is 4.15. The summed E-state index contributed by atoms with van der Waals surface area (Å²) in [6, 6.07) is 12.5. The van der Waals surface area contributed by atoms with Crippen molar-refractivity contribution in [2.75, 3.05) is 16.8 Å². The fraction of sp³-hybridized carbons (Fsp3) is 0.167. The first kappa shape index (κ1) is 17.6. The Morgan fingerprint density at radius 3 is 2.89 bits per heavy atom. The number of aromatic nitrogens is 3. The molecule has 1 aliphatic rings. The summed E-state index contributed by atoms with van der Waals surface area (Å²) in [6.45, 7) is 0.302. The SMILES string of the molecule is O=C(Nc1nnc(-c2ccccn2)s1)C1CC(=O)N(c2cccc(Cl)c2)C1. The summed E-state index contributed by atoms with van der Waals surface area (Å²) in [5.74, 6) is -0.820. The van der Waals surface area contributed by atoms with E-state index in [0.29, 0.717) is 33.1 Å². The highest BCUT2D eigenvalue weighted by Gasteiger charge is 2.35. The van der Waals surface area contributed by atoms with Gasteiger partial charge < -0.3 is 10.2 Å². The number of pyridine rings is 1. The molecule has 0 aliphatic carbocycles. The quantitative estimate of drug-likeness (QED) is 0.727. The Morgan fingerprint density at radius 1 is 1.22 bits per heavy atom. The van der Waals surface area contributed by atoms with Crippen molar-refractivity contribution in [3.63, 3.8) is 0 Å². The number of carbonyl (C=O) groups is 2. The number of halogens is 1. The van der Waals surface area contributed by atoms with Crippen LogP contribution in [0.2, 0.25) is 5.02 Å². The van der Waals surface area contributed by atoms with Crippen LogP contribution in [0.15, 0.2) is 48.7 Å². The van der Waals surface area contributed by atoms with Crippen LogP contribution < -0.4 is 10.2 Å². The van der Waals surface area contributed by atoms with Gasteiger partial charge in [-0.2, -0.15) is 0 Å². The monoisotopic (exact) mass is 399 g/mol. The van der Waals surface area contributed by atoms with Crippen molar-refractivity contribution in [1.82, 2.24) is 15.2 Å². The molecule has 3 aromatic rings. The van der Waals surface area contributed by atoms with E-state index < -0.39 is 5.92 Å². The van der Waals surface area contributed by atoms with E-state index in [9.17, 15) is 9.59 Å². The Balaban J connectivity index is 1.44. The molecule has 1 N–H and O–H groups in total. The fourth-order valence-corrected chi connectivity index (χ4v) is 3.76. The summed E-state index contributed by atoms with van der Waals surface area (Å²) in [5, 5.41) is 12.3. The molecule has 1 aromatic carbocycles. The van der Waals surface area contributed by atoms with Gasteiger partial charge in [0.15, 0.2) is 5.01 Å². The minimum atomic E-state index is -0.460. The van der Waals surface area contributed by atoms with Gasteiger partial charge in [-0.1, -0.05) is 35.1 Å². The molecule has 1 fully saturated rings. The Labute approximate surface area is 164 Å². The highest BCUT2D eigenvalue weighted by molar-refractivity contribution is 7.18. The smallest absolute Gasteiger partial charge is 0.231 e. The summed E-state index contributed by atoms with van der Waals surface area (Å²) in [5.41, 5.74) is 1.38. The van der Waals surface area contributed by atoms with E-state index in [1.807, 2.05) is 18.2 Å². The Hall–Kier alpha value is -2.84. The minimum absolute atomic E-state index is 0.108. The molecule has 0 saturated carbocycles. The lowest BCUT2D eigenvalue weighted by atomic mass is 10.1. The molecule has 1 saturated heterocycles. The van der Waals surface area contributed by atoms with Gasteiger partial charge in [0.2, 0.25) is 16.9 Å². The molecule has 9 heteroatoms. The van der Waals surface area contributed by atoms with Gasteiger partial charge in [-0.15, -0.1) is 10.2 Å². The number of benzene rings is 1. The van der Waals surface area contributed by atoms with Crippen molar-refractivity contribution < 1.29 is 9.59 Å². The highest BCUT2D eigenvalue weighted by Crippen LogP contribution is 2.29. The highest BCUT2D eigenvalue weighted by atomic mass is 35.5. The molecular formula is C18H14ClN5O2S. The molecule has 1 unspecified atom stereocenters. The van der Waals surface area contributed by atoms with Crippen molar-refractivity contribution in [3.05, 3.63) is 53.7 Å². The summed E-state index contributed by atoms with van der Waals surface area (Å²) < 4.78 is 0. The molecular weight excluding hydrogens is 386 g/mol. The van der Waals surface area contributed by atoms with Gasteiger partial charge in [-0.25, -0.2) is 0 Å². The Morgan fingerprint density at radius 2 is 2.11 bits per heavy atom. The first-order valence-corrected chi connectivity index (χ1v) is 9.41. The van der Waals surface area contributed by atoms with Crippen LogP contribution >= 0.6 is 22.9 Å². The maximum Gasteiger partial charge on any atom is 0.231 e. The van der Waals surface area contributed by atoms with Gasteiger partial charge in [0.1, 0.15) is 5.69 Å². The van der Waals surface area contributed by atoms with Crippen LogP contribution in [0.4, 0.5) is 10.8 Å². The van der Waals surface area contributed by atoms with Gasteiger partial charge in [-0.3, -0.25) is 14.6 Å². The van der Waals surface area contributed by atoms with Crippen molar-refractivity contribution in [1.29, 1.82) is 0 Å². The van der Waals surface area contributed by atoms with Crippen LogP contribution in [0.3, 0.4) is 0 Å². The van der Waals surface area contributed by atoms with Crippen LogP contribution in [0.25, 0.3) is 10.7 Å². The Kier molecular flexibility index (Phi) is 4.83. The number of hydrogen-bond donors (Lipinski definition) is 1. The number of carbonyl (C=O) groups excluding carboxylic acids is 2. The zero-order valence-corrected chi connectivity index (χ0v) is 15.6. The maximum absolute atomic E-state index is 12.6. The van der Waals surface area contributed by atoms with Gasteiger partial charge >= 0.3 is 0 Å². The van der Waals surface area contributed by atoms with E-state index in [2.05, 4.69) is 20.5 Å². The molecule has 2 aromatic heterocycles. The number of rotatable bonds is 4. The molecule has 4 rings (SSSR count). The van der Waals surface area contributed by atoms with Crippen molar-refractivity contribution in [2.45, 2.75) is 6.42 Å². The van der Waals surface area contributed by atoms with Gasteiger partial charge in [0, 0.05) is 29.9 Å². The largest absolute Gasteiger partial charge is 0.312 e. The third-order valence-corrected chi connectivity index (χ3v) is 5.25. The number of amides is 2. The van der Waals surface area contributed by atoms with Crippen LogP contribution in [0, 0.1) is 5.92 Å². The summed E-state index contributed by atoms with van der Waals surface area (Å²) in [7, 11) is 0. The molecule has 0 radical (unpaired) electrons. The molecule has 1 atom stereocenters. The molecule has 2 amide bonds. The first-order chi connectivity index (χ1) is 13.1. The predicted molar refractivity (Wildman–Crippen MR) is 104 cm³/mol. The molecule has 3 heterocycles. The number of anilines is 2. The first-order valence-electron chi connectivity index (χ1n) is 8.22. The number of nitrogens with one attached hydrogen (secondary N) is 1. The van der Waals surface area contributed by atoms with Crippen molar-refractivity contribution >= 4 is 45.6 Å². The van der Waals surface area contributed by atoms with E-state index in [1.165, 1.54) is 11.3 Å². The second-order valence-electron chi connectivity index (χ2n) is 6.00. The zero-order chi connectivity index (χ0) is 18.8. The third kappa shape index (κ3) is 3.81. The summed E-state index contributed by atoms with van der Waals surface area (Å²) >= 11 is 7.23. The maximum atomic E-state index is 12.6. The lowest BCUT2D eigenvalue weighted by Crippen LogP contribution is -2.28. The molecule has 27 heavy (non-hydrogen) atoms. The fourth-order valence-electron chi connectivity index (χ4n) is 2.85. The number of nitrogens with zero attached hydrogens (tertiary/aromatic N) is 4. The second kappa shape index (κ2) is 7.42. The van der Waals surface area contributed by atoms with Crippen LogP contribution in [-0.2, 0) is 9.59 Å².